The van der Waals surface area contributed by atoms with Crippen LogP contribution in [0, 0.1) is 5.92 Å². The summed E-state index contributed by atoms with van der Waals surface area (Å²) in [6.45, 7) is 11.8. The van der Waals surface area contributed by atoms with Crippen LogP contribution in [0.5, 0.6) is 0 Å². The monoisotopic (exact) mass is 378 g/mol. The third-order valence-corrected chi connectivity index (χ3v) is 4.70. The standard InChI is InChI=1S/C20H34N4O3/c1-6-21-19(23-13-17-22-12-16(27-17)20(3,4)5)24-15-10-8-14(9-11-15)18(25)26-7-2/h12,14-15H,6-11,13H2,1-5H3,(H2,21,23,24). The van der Waals surface area contributed by atoms with Crippen molar-refractivity contribution in [2.75, 3.05) is 13.2 Å². The van der Waals surface area contributed by atoms with Crippen LogP contribution in [0.4, 0.5) is 0 Å². The highest BCUT2D eigenvalue weighted by Gasteiger charge is 2.27. The number of aromatic nitrogens is 1. The Labute approximate surface area is 162 Å². The number of ether oxygens (including phenoxy) is 1. The maximum Gasteiger partial charge on any atom is 0.308 e. The van der Waals surface area contributed by atoms with E-state index in [1.54, 1.807) is 6.20 Å². The second kappa shape index (κ2) is 9.76. The average molecular weight is 379 g/mol. The molecule has 0 spiro atoms. The normalized spacial score (nSPS) is 21.0. The summed E-state index contributed by atoms with van der Waals surface area (Å²) < 4.78 is 10.9. The number of nitrogens with one attached hydrogen (secondary N) is 2. The molecule has 2 rings (SSSR count). The van der Waals surface area contributed by atoms with Crippen molar-refractivity contribution >= 4 is 11.9 Å². The number of aliphatic imine (C=N–C) groups is 1. The lowest BCUT2D eigenvalue weighted by atomic mass is 9.86. The van der Waals surface area contributed by atoms with E-state index in [0.29, 0.717) is 25.1 Å². The molecule has 27 heavy (non-hydrogen) atoms. The number of carbonyl (C=O) groups excluding carboxylic acids is 1. The van der Waals surface area contributed by atoms with Gasteiger partial charge in [-0.3, -0.25) is 4.79 Å². The predicted octanol–water partition coefficient (Wildman–Crippen LogP) is 3.15. The molecule has 0 bridgehead atoms. The lowest BCUT2D eigenvalue weighted by Gasteiger charge is -2.29. The summed E-state index contributed by atoms with van der Waals surface area (Å²) in [7, 11) is 0. The molecule has 1 fully saturated rings. The smallest absolute Gasteiger partial charge is 0.308 e. The minimum atomic E-state index is -0.0602. The second-order valence-corrected chi connectivity index (χ2v) is 8.01. The van der Waals surface area contributed by atoms with Crippen molar-refractivity contribution in [1.82, 2.24) is 15.6 Å². The Morgan fingerprint density at radius 1 is 1.30 bits per heavy atom. The zero-order valence-electron chi connectivity index (χ0n) is 17.3. The highest BCUT2D eigenvalue weighted by atomic mass is 16.5. The first-order chi connectivity index (χ1) is 12.8. The number of oxazole rings is 1. The summed E-state index contributed by atoms with van der Waals surface area (Å²) in [5.74, 6) is 2.21. The first-order valence-corrected chi connectivity index (χ1v) is 10.00. The fourth-order valence-electron chi connectivity index (χ4n) is 3.12. The van der Waals surface area contributed by atoms with Gasteiger partial charge in [0, 0.05) is 18.0 Å². The number of guanidine groups is 1. The van der Waals surface area contributed by atoms with Crippen molar-refractivity contribution in [2.45, 2.75) is 78.3 Å². The molecule has 1 heterocycles. The zero-order valence-corrected chi connectivity index (χ0v) is 17.3. The highest BCUT2D eigenvalue weighted by molar-refractivity contribution is 5.80. The molecule has 0 unspecified atom stereocenters. The van der Waals surface area contributed by atoms with E-state index in [0.717, 1.165) is 43.9 Å². The Hall–Kier alpha value is -2.05. The van der Waals surface area contributed by atoms with Gasteiger partial charge in [0.1, 0.15) is 12.3 Å². The molecule has 1 saturated carbocycles. The summed E-state index contributed by atoms with van der Waals surface area (Å²) in [6, 6.07) is 0.308. The van der Waals surface area contributed by atoms with Gasteiger partial charge in [0.15, 0.2) is 5.96 Å². The van der Waals surface area contributed by atoms with Gasteiger partial charge in [0.2, 0.25) is 5.89 Å². The van der Waals surface area contributed by atoms with Gasteiger partial charge in [0.05, 0.1) is 18.7 Å². The number of carbonyl (C=O) groups is 1. The molecule has 1 aromatic heterocycles. The molecule has 2 N–H and O–H groups in total. The Kier molecular flexibility index (Phi) is 7.68. The quantitative estimate of drug-likeness (QED) is 0.449. The molecule has 0 radical (unpaired) electrons. The Balaban J connectivity index is 1.89. The molecule has 7 nitrogen and oxygen atoms in total. The molecule has 1 aliphatic carbocycles. The first-order valence-electron chi connectivity index (χ1n) is 10.00. The molecule has 152 valence electrons. The van der Waals surface area contributed by atoms with E-state index in [1.807, 2.05) is 13.8 Å². The molecule has 0 amide bonds. The van der Waals surface area contributed by atoms with Crippen LogP contribution in [0.1, 0.15) is 72.0 Å². The SMILES string of the molecule is CCNC(=NCc1ncc(C(C)(C)C)o1)NC1CCC(C(=O)OCC)CC1. The van der Waals surface area contributed by atoms with Crippen molar-refractivity contribution in [1.29, 1.82) is 0 Å². The maximum atomic E-state index is 11.9. The van der Waals surface area contributed by atoms with Crippen LogP contribution in [0.2, 0.25) is 0 Å². The van der Waals surface area contributed by atoms with Crippen LogP contribution < -0.4 is 10.6 Å². The van der Waals surface area contributed by atoms with Crippen molar-refractivity contribution < 1.29 is 13.9 Å². The summed E-state index contributed by atoms with van der Waals surface area (Å²) in [5, 5.41) is 6.74. The van der Waals surface area contributed by atoms with E-state index in [1.165, 1.54) is 0 Å². The van der Waals surface area contributed by atoms with Gasteiger partial charge in [0.25, 0.3) is 0 Å². The minimum Gasteiger partial charge on any atom is -0.466 e. The van der Waals surface area contributed by atoms with E-state index >= 15 is 0 Å². The Morgan fingerprint density at radius 2 is 2.00 bits per heavy atom. The lowest BCUT2D eigenvalue weighted by Crippen LogP contribution is -2.45. The van der Waals surface area contributed by atoms with Crippen LogP contribution in [-0.2, 0) is 21.5 Å². The fraction of sp³-hybridized carbons (Fsp3) is 0.750. The van der Waals surface area contributed by atoms with E-state index in [9.17, 15) is 4.79 Å². The zero-order chi connectivity index (χ0) is 19.9. The van der Waals surface area contributed by atoms with E-state index in [2.05, 4.69) is 41.4 Å². The van der Waals surface area contributed by atoms with Crippen molar-refractivity contribution in [3.05, 3.63) is 17.8 Å². The van der Waals surface area contributed by atoms with Gasteiger partial charge in [-0.1, -0.05) is 20.8 Å². The first kappa shape index (κ1) is 21.3. The number of hydrogen-bond acceptors (Lipinski definition) is 5. The van der Waals surface area contributed by atoms with Gasteiger partial charge in [-0.05, 0) is 39.5 Å². The van der Waals surface area contributed by atoms with Crippen molar-refractivity contribution in [3.63, 3.8) is 0 Å². The third kappa shape index (κ3) is 6.56. The molecule has 1 aliphatic rings. The van der Waals surface area contributed by atoms with Gasteiger partial charge < -0.3 is 19.8 Å². The molecule has 0 aromatic carbocycles. The Morgan fingerprint density at radius 3 is 2.56 bits per heavy atom. The van der Waals surface area contributed by atoms with Gasteiger partial charge >= 0.3 is 5.97 Å². The summed E-state index contributed by atoms with van der Waals surface area (Å²) in [5.41, 5.74) is -0.0602. The molecule has 1 aromatic rings. The summed E-state index contributed by atoms with van der Waals surface area (Å²) >= 11 is 0. The van der Waals surface area contributed by atoms with Crippen LogP contribution >= 0.6 is 0 Å². The minimum absolute atomic E-state index is 0.0330. The van der Waals surface area contributed by atoms with Crippen LogP contribution in [-0.4, -0.2) is 36.1 Å². The van der Waals surface area contributed by atoms with Crippen molar-refractivity contribution in [3.8, 4) is 0 Å². The third-order valence-electron chi connectivity index (χ3n) is 4.70. The molecular formula is C20H34N4O3. The number of hydrogen-bond donors (Lipinski definition) is 2. The fourth-order valence-corrected chi connectivity index (χ4v) is 3.12. The average Bonchev–Trinajstić information content (AvgIpc) is 3.10. The number of rotatable bonds is 6. The van der Waals surface area contributed by atoms with Crippen molar-refractivity contribution in [2.24, 2.45) is 10.9 Å². The molecule has 0 saturated heterocycles. The van der Waals surface area contributed by atoms with Gasteiger partial charge in [-0.15, -0.1) is 0 Å². The summed E-state index contributed by atoms with van der Waals surface area (Å²) in [6.07, 6.45) is 5.35. The number of nitrogens with zero attached hydrogens (tertiary/aromatic N) is 2. The van der Waals surface area contributed by atoms with E-state index < -0.39 is 0 Å². The van der Waals surface area contributed by atoms with E-state index in [4.69, 9.17) is 9.15 Å². The van der Waals surface area contributed by atoms with Gasteiger partial charge in [-0.2, -0.15) is 0 Å². The largest absolute Gasteiger partial charge is 0.466 e. The molecule has 0 aliphatic heterocycles. The lowest BCUT2D eigenvalue weighted by molar-refractivity contribution is -0.149. The number of esters is 1. The topological polar surface area (TPSA) is 88.8 Å². The van der Waals surface area contributed by atoms with Crippen LogP contribution in [0.25, 0.3) is 0 Å². The molecular weight excluding hydrogens is 344 g/mol. The van der Waals surface area contributed by atoms with Gasteiger partial charge in [-0.25, -0.2) is 9.98 Å². The highest BCUT2D eigenvalue weighted by Crippen LogP contribution is 2.25. The Bertz CT molecular complexity index is 625. The van der Waals surface area contributed by atoms with Crippen LogP contribution in [0.3, 0.4) is 0 Å². The van der Waals surface area contributed by atoms with Crippen LogP contribution in [0.15, 0.2) is 15.6 Å². The maximum absolute atomic E-state index is 11.9. The predicted molar refractivity (Wildman–Crippen MR) is 106 cm³/mol. The summed E-state index contributed by atoms with van der Waals surface area (Å²) in [4.78, 5) is 20.8. The second-order valence-electron chi connectivity index (χ2n) is 8.01. The molecule has 7 heteroatoms. The van der Waals surface area contributed by atoms with E-state index in [-0.39, 0.29) is 17.3 Å². The molecule has 0 atom stereocenters.